The number of nitrogens with two attached hydrogens (primary N) is 1. The minimum Gasteiger partial charge on any atom is -0.486 e. The number of nitrogen functional groups attached to an aromatic ring is 1. The molecule has 1 aromatic carbocycles. The third-order valence-electron chi connectivity index (χ3n) is 7.23. The van der Waals surface area contributed by atoms with Crippen LogP contribution in [0.25, 0.3) is 0 Å². The lowest BCUT2D eigenvalue weighted by atomic mass is 9.82. The van der Waals surface area contributed by atoms with E-state index in [1.807, 2.05) is 35.2 Å². The molecule has 174 valence electrons. The van der Waals surface area contributed by atoms with Gasteiger partial charge in [-0.15, -0.1) is 0 Å². The number of benzene rings is 1. The van der Waals surface area contributed by atoms with Gasteiger partial charge >= 0.3 is 0 Å². The summed E-state index contributed by atoms with van der Waals surface area (Å²) < 4.78 is 7.22. The number of likely N-dealkylation sites (tertiary alicyclic amines) is 2. The van der Waals surface area contributed by atoms with Gasteiger partial charge in [0.05, 0.1) is 12.0 Å². The Labute approximate surface area is 202 Å². The van der Waals surface area contributed by atoms with Crippen molar-refractivity contribution in [2.24, 2.45) is 5.92 Å². The predicted molar refractivity (Wildman–Crippen MR) is 129 cm³/mol. The first-order valence-corrected chi connectivity index (χ1v) is 12.4. The third-order valence-corrected chi connectivity index (χ3v) is 7.72. The van der Waals surface area contributed by atoms with Gasteiger partial charge in [-0.2, -0.15) is 0 Å². The number of rotatable bonds is 3. The van der Waals surface area contributed by atoms with Crippen LogP contribution in [0.3, 0.4) is 0 Å². The summed E-state index contributed by atoms with van der Waals surface area (Å²) in [7, 11) is 0. The van der Waals surface area contributed by atoms with Crippen molar-refractivity contribution < 1.29 is 14.3 Å². The van der Waals surface area contributed by atoms with Crippen molar-refractivity contribution in [1.82, 2.24) is 14.8 Å². The summed E-state index contributed by atoms with van der Waals surface area (Å²) in [6.07, 6.45) is 5.27. The van der Waals surface area contributed by atoms with Crippen LogP contribution in [0.2, 0.25) is 0 Å². The Bertz CT molecular complexity index is 1060. The first-order chi connectivity index (χ1) is 15.9. The van der Waals surface area contributed by atoms with E-state index < -0.39 is 5.60 Å². The minimum atomic E-state index is -0.482. The van der Waals surface area contributed by atoms with Crippen LogP contribution >= 0.6 is 15.9 Å². The molecule has 1 spiro atoms. The van der Waals surface area contributed by atoms with E-state index in [4.69, 9.17) is 10.5 Å². The van der Waals surface area contributed by atoms with Crippen LogP contribution in [0.5, 0.6) is 5.75 Å². The number of piperidine rings is 2. The molecule has 2 fully saturated rings. The highest BCUT2D eigenvalue weighted by molar-refractivity contribution is 9.10. The first kappa shape index (κ1) is 22.3. The van der Waals surface area contributed by atoms with E-state index in [0.29, 0.717) is 49.5 Å². The zero-order valence-electron chi connectivity index (χ0n) is 18.6. The molecule has 0 saturated carbocycles. The second-order valence-electron chi connectivity index (χ2n) is 9.49. The molecule has 0 unspecified atom stereocenters. The van der Waals surface area contributed by atoms with Crippen molar-refractivity contribution in [3.05, 3.63) is 52.1 Å². The predicted octanol–water partition coefficient (Wildman–Crippen LogP) is 3.66. The molecule has 33 heavy (non-hydrogen) atoms. The molecular formula is C25H29BrN4O3. The maximum Gasteiger partial charge on any atom is 0.225 e. The SMILES string of the molecule is Nc1cc(CN2CCC(C(=O)N3CCC4(CC3)CC(=O)c3cc(Br)ccc3O4)CC2)ccn1. The average molecular weight is 513 g/mol. The molecule has 0 bridgehead atoms. The van der Waals surface area contributed by atoms with Crippen molar-refractivity contribution in [1.29, 1.82) is 0 Å². The summed E-state index contributed by atoms with van der Waals surface area (Å²) in [5.41, 5.74) is 7.11. The van der Waals surface area contributed by atoms with Crippen molar-refractivity contribution in [3.63, 3.8) is 0 Å². The van der Waals surface area contributed by atoms with Crippen molar-refractivity contribution in [3.8, 4) is 5.75 Å². The van der Waals surface area contributed by atoms with E-state index in [1.54, 1.807) is 6.20 Å². The van der Waals surface area contributed by atoms with Crippen LogP contribution in [0.1, 0.15) is 48.0 Å². The molecule has 3 aliphatic rings. The first-order valence-electron chi connectivity index (χ1n) is 11.6. The quantitative estimate of drug-likeness (QED) is 0.674. The van der Waals surface area contributed by atoms with Gasteiger partial charge in [0, 0.05) is 49.1 Å². The number of hydrogen-bond acceptors (Lipinski definition) is 6. The van der Waals surface area contributed by atoms with Crippen molar-refractivity contribution in [2.45, 2.75) is 44.2 Å². The third kappa shape index (κ3) is 4.77. The highest BCUT2D eigenvalue weighted by Gasteiger charge is 2.44. The number of carbonyl (C=O) groups is 2. The maximum absolute atomic E-state index is 13.2. The number of amides is 1. The largest absolute Gasteiger partial charge is 0.486 e. The lowest BCUT2D eigenvalue weighted by Gasteiger charge is -2.45. The van der Waals surface area contributed by atoms with Gasteiger partial charge in [0.15, 0.2) is 5.78 Å². The van der Waals surface area contributed by atoms with Crippen LogP contribution in [0.15, 0.2) is 41.0 Å². The number of aromatic nitrogens is 1. The van der Waals surface area contributed by atoms with Gasteiger partial charge in [-0.3, -0.25) is 14.5 Å². The molecule has 2 aromatic rings. The Kier molecular flexibility index (Phi) is 6.14. The number of ether oxygens (including phenoxy) is 1. The Hall–Kier alpha value is -2.45. The number of halogens is 1. The standard InChI is InChI=1S/C25H29BrN4O3/c26-19-1-2-22-20(14-19)21(31)15-25(33-22)6-11-30(12-7-25)24(32)18-4-9-29(10-5-18)16-17-3-8-28-23(27)13-17/h1-3,8,13-14,18H,4-7,9-12,15-16H2,(H2,27,28). The van der Waals surface area contributed by atoms with E-state index in [2.05, 4.69) is 25.8 Å². The Morgan fingerprint density at radius 1 is 1.15 bits per heavy atom. The minimum absolute atomic E-state index is 0.0739. The number of ketones is 1. The number of anilines is 1. The van der Waals surface area contributed by atoms with Crippen molar-refractivity contribution >= 4 is 33.4 Å². The molecule has 2 saturated heterocycles. The van der Waals surface area contributed by atoms with Gasteiger partial charge in [-0.1, -0.05) is 15.9 Å². The molecular weight excluding hydrogens is 484 g/mol. The highest BCUT2D eigenvalue weighted by Crippen LogP contribution is 2.40. The second-order valence-corrected chi connectivity index (χ2v) is 10.4. The van der Waals surface area contributed by atoms with Gasteiger partial charge in [0.2, 0.25) is 5.91 Å². The molecule has 0 aliphatic carbocycles. The molecule has 7 nitrogen and oxygen atoms in total. The van der Waals surface area contributed by atoms with Crippen LogP contribution in [-0.4, -0.2) is 58.3 Å². The fourth-order valence-electron chi connectivity index (χ4n) is 5.33. The topological polar surface area (TPSA) is 88.8 Å². The summed E-state index contributed by atoms with van der Waals surface area (Å²) in [6, 6.07) is 9.51. The molecule has 2 N–H and O–H groups in total. The number of fused-ring (bicyclic) bond motifs is 1. The monoisotopic (exact) mass is 512 g/mol. The summed E-state index contributed by atoms with van der Waals surface area (Å²) in [6.45, 7) is 3.94. The van der Waals surface area contributed by atoms with Gasteiger partial charge < -0.3 is 15.4 Å². The Morgan fingerprint density at radius 3 is 2.64 bits per heavy atom. The van der Waals surface area contributed by atoms with Gasteiger partial charge in [0.1, 0.15) is 17.2 Å². The van der Waals surface area contributed by atoms with Gasteiger partial charge in [-0.25, -0.2) is 4.98 Å². The number of Topliss-reactive ketones (excluding diaryl/α,β-unsaturated/α-hetero) is 1. The molecule has 1 aromatic heterocycles. The highest BCUT2D eigenvalue weighted by atomic mass is 79.9. The molecule has 8 heteroatoms. The molecule has 0 radical (unpaired) electrons. The number of nitrogens with zero attached hydrogens (tertiary/aromatic N) is 3. The average Bonchev–Trinajstić information content (AvgIpc) is 2.80. The Balaban J connectivity index is 1.14. The smallest absolute Gasteiger partial charge is 0.225 e. The van der Waals surface area contributed by atoms with E-state index in [-0.39, 0.29) is 17.6 Å². The zero-order valence-corrected chi connectivity index (χ0v) is 20.2. The number of hydrogen-bond donors (Lipinski definition) is 1. The van der Waals surface area contributed by atoms with Crippen LogP contribution in [0, 0.1) is 5.92 Å². The lowest BCUT2D eigenvalue weighted by molar-refractivity contribution is -0.140. The normalized spacial score (nSPS) is 21.0. The number of pyridine rings is 1. The number of carbonyl (C=O) groups excluding carboxylic acids is 2. The van der Waals surface area contributed by atoms with E-state index in [9.17, 15) is 9.59 Å². The van der Waals surface area contributed by atoms with E-state index >= 15 is 0 Å². The zero-order chi connectivity index (χ0) is 23.0. The molecule has 3 aliphatic heterocycles. The van der Waals surface area contributed by atoms with Crippen LogP contribution < -0.4 is 10.5 Å². The molecule has 0 atom stereocenters. The molecule has 4 heterocycles. The van der Waals surface area contributed by atoms with Crippen molar-refractivity contribution in [2.75, 3.05) is 31.9 Å². The van der Waals surface area contributed by atoms with Crippen LogP contribution in [0.4, 0.5) is 5.82 Å². The van der Waals surface area contributed by atoms with Gasteiger partial charge in [-0.05, 0) is 61.8 Å². The van der Waals surface area contributed by atoms with Crippen LogP contribution in [-0.2, 0) is 11.3 Å². The summed E-state index contributed by atoms with van der Waals surface area (Å²) >= 11 is 3.43. The Morgan fingerprint density at radius 2 is 1.91 bits per heavy atom. The van der Waals surface area contributed by atoms with Gasteiger partial charge in [0.25, 0.3) is 0 Å². The fourth-order valence-corrected chi connectivity index (χ4v) is 5.69. The van der Waals surface area contributed by atoms with E-state index in [1.165, 1.54) is 0 Å². The molecule has 1 amide bonds. The molecule has 5 rings (SSSR count). The summed E-state index contributed by atoms with van der Waals surface area (Å²) in [5.74, 6) is 1.66. The summed E-state index contributed by atoms with van der Waals surface area (Å²) in [4.78, 5) is 34.4. The fraction of sp³-hybridized carbons (Fsp3) is 0.480. The van der Waals surface area contributed by atoms with E-state index in [0.717, 1.165) is 42.5 Å². The lowest BCUT2D eigenvalue weighted by Crippen LogP contribution is -2.53. The second kappa shape index (κ2) is 9.06. The summed E-state index contributed by atoms with van der Waals surface area (Å²) in [5, 5.41) is 0. The maximum atomic E-state index is 13.2.